The fraction of sp³-hybridized carbons (Fsp3) is 0.455. The molecule has 0 heterocycles. The second-order valence-electron chi connectivity index (χ2n) is 3.79. The van der Waals surface area contributed by atoms with Crippen LogP contribution in [0.5, 0.6) is 0 Å². The summed E-state index contributed by atoms with van der Waals surface area (Å²) in [4.78, 5) is 0. The van der Waals surface area contributed by atoms with Crippen molar-refractivity contribution in [3.8, 4) is 0 Å². The molecule has 0 aliphatic carbocycles. The molecular formula is C11H15Cl2NO. The number of methoxy groups -OCH3 is 1. The molecule has 1 unspecified atom stereocenters. The van der Waals surface area contributed by atoms with Crippen LogP contribution in [0.25, 0.3) is 0 Å². The largest absolute Gasteiger partial charge is 0.385 e. The van der Waals surface area contributed by atoms with Crippen molar-refractivity contribution in [3.63, 3.8) is 0 Å². The van der Waals surface area contributed by atoms with E-state index in [-0.39, 0.29) is 0 Å². The maximum absolute atomic E-state index is 6.16. The van der Waals surface area contributed by atoms with Gasteiger partial charge >= 0.3 is 0 Å². The molecule has 0 radical (unpaired) electrons. The van der Waals surface area contributed by atoms with Crippen molar-refractivity contribution in [3.05, 3.63) is 33.8 Å². The van der Waals surface area contributed by atoms with E-state index in [4.69, 9.17) is 33.7 Å². The molecule has 1 aromatic carbocycles. The van der Waals surface area contributed by atoms with Crippen molar-refractivity contribution >= 4 is 23.2 Å². The van der Waals surface area contributed by atoms with Crippen LogP contribution < -0.4 is 5.73 Å². The lowest BCUT2D eigenvalue weighted by molar-refractivity contribution is 0.172. The van der Waals surface area contributed by atoms with Crippen LogP contribution in [-0.2, 0) is 10.3 Å². The summed E-state index contributed by atoms with van der Waals surface area (Å²) < 4.78 is 5.01. The van der Waals surface area contributed by atoms with E-state index in [9.17, 15) is 0 Å². The standard InChI is InChI=1S/C11H15Cl2NO/c1-11(14,5-6-15-2)8-3-4-9(12)10(13)7-8/h3-4,7H,5-6,14H2,1-2H3. The predicted molar refractivity (Wildman–Crippen MR) is 64.5 cm³/mol. The zero-order valence-corrected chi connectivity index (χ0v) is 10.4. The number of halogens is 2. The lowest BCUT2D eigenvalue weighted by atomic mass is 9.90. The minimum absolute atomic E-state index is 0.440. The van der Waals surface area contributed by atoms with Crippen LogP contribution in [0.4, 0.5) is 0 Å². The van der Waals surface area contributed by atoms with Gasteiger partial charge in [0.05, 0.1) is 10.0 Å². The summed E-state index contributed by atoms with van der Waals surface area (Å²) in [6.45, 7) is 2.57. The Kier molecular flexibility index (Phi) is 4.41. The topological polar surface area (TPSA) is 35.2 Å². The molecule has 2 N–H and O–H groups in total. The molecule has 0 saturated heterocycles. The van der Waals surface area contributed by atoms with Gasteiger partial charge in [-0.15, -0.1) is 0 Å². The van der Waals surface area contributed by atoms with Gasteiger partial charge in [-0.2, -0.15) is 0 Å². The number of hydrogen-bond donors (Lipinski definition) is 1. The Morgan fingerprint density at radius 1 is 1.33 bits per heavy atom. The first kappa shape index (κ1) is 12.8. The minimum atomic E-state index is -0.440. The molecule has 0 spiro atoms. The Bertz CT molecular complexity index is 339. The average Bonchev–Trinajstić information content (AvgIpc) is 2.19. The van der Waals surface area contributed by atoms with Gasteiger partial charge in [0.2, 0.25) is 0 Å². The van der Waals surface area contributed by atoms with Crippen molar-refractivity contribution in [1.29, 1.82) is 0 Å². The van der Waals surface area contributed by atoms with E-state index in [0.29, 0.717) is 16.7 Å². The molecule has 0 saturated carbocycles. The van der Waals surface area contributed by atoms with E-state index in [2.05, 4.69) is 0 Å². The van der Waals surface area contributed by atoms with Crippen LogP contribution >= 0.6 is 23.2 Å². The Morgan fingerprint density at radius 3 is 2.53 bits per heavy atom. The zero-order valence-electron chi connectivity index (χ0n) is 8.89. The summed E-state index contributed by atoms with van der Waals surface area (Å²) in [6, 6.07) is 5.46. The number of benzene rings is 1. The summed E-state index contributed by atoms with van der Waals surface area (Å²) in [6.07, 6.45) is 0.738. The third-order valence-corrected chi connectivity index (χ3v) is 3.14. The number of ether oxygens (including phenoxy) is 1. The summed E-state index contributed by atoms with van der Waals surface area (Å²) in [7, 11) is 1.66. The molecular weight excluding hydrogens is 233 g/mol. The van der Waals surface area contributed by atoms with Crippen molar-refractivity contribution < 1.29 is 4.74 Å². The third-order valence-electron chi connectivity index (χ3n) is 2.40. The van der Waals surface area contributed by atoms with Gasteiger partial charge in [-0.3, -0.25) is 0 Å². The molecule has 1 atom stereocenters. The molecule has 1 rings (SSSR count). The highest BCUT2D eigenvalue weighted by atomic mass is 35.5. The molecule has 0 bridgehead atoms. The van der Waals surface area contributed by atoms with E-state index in [1.54, 1.807) is 19.2 Å². The molecule has 2 nitrogen and oxygen atoms in total. The lowest BCUT2D eigenvalue weighted by Gasteiger charge is -2.25. The Morgan fingerprint density at radius 2 is 2.00 bits per heavy atom. The van der Waals surface area contributed by atoms with Gasteiger partial charge in [0.1, 0.15) is 0 Å². The van der Waals surface area contributed by atoms with Gasteiger partial charge in [0, 0.05) is 19.3 Å². The van der Waals surface area contributed by atoms with Crippen LogP contribution in [-0.4, -0.2) is 13.7 Å². The maximum Gasteiger partial charge on any atom is 0.0595 e. The van der Waals surface area contributed by atoms with Gasteiger partial charge in [0.15, 0.2) is 0 Å². The molecule has 1 aromatic rings. The van der Waals surface area contributed by atoms with Gasteiger partial charge in [0.25, 0.3) is 0 Å². The average molecular weight is 248 g/mol. The third kappa shape index (κ3) is 3.35. The summed E-state index contributed by atoms with van der Waals surface area (Å²) in [5.74, 6) is 0. The van der Waals surface area contributed by atoms with Gasteiger partial charge in [-0.1, -0.05) is 29.3 Å². The van der Waals surface area contributed by atoms with Crippen LogP contribution in [0.3, 0.4) is 0 Å². The van der Waals surface area contributed by atoms with Crippen molar-refractivity contribution in [2.24, 2.45) is 5.73 Å². The van der Waals surface area contributed by atoms with Crippen molar-refractivity contribution in [2.45, 2.75) is 18.9 Å². The molecule has 0 amide bonds. The van der Waals surface area contributed by atoms with E-state index in [1.165, 1.54) is 0 Å². The highest BCUT2D eigenvalue weighted by Crippen LogP contribution is 2.28. The first-order chi connectivity index (χ1) is 6.97. The highest BCUT2D eigenvalue weighted by Gasteiger charge is 2.21. The molecule has 0 aliphatic heterocycles. The first-order valence-electron chi connectivity index (χ1n) is 4.71. The summed E-state index contributed by atoms with van der Waals surface area (Å²) in [5.41, 5.74) is 6.69. The molecule has 0 aliphatic rings. The molecule has 15 heavy (non-hydrogen) atoms. The number of rotatable bonds is 4. The monoisotopic (exact) mass is 247 g/mol. The van der Waals surface area contributed by atoms with Crippen LogP contribution in [0.1, 0.15) is 18.9 Å². The van der Waals surface area contributed by atoms with Crippen molar-refractivity contribution in [1.82, 2.24) is 0 Å². The van der Waals surface area contributed by atoms with Gasteiger partial charge in [-0.05, 0) is 31.0 Å². The second-order valence-corrected chi connectivity index (χ2v) is 4.60. The SMILES string of the molecule is COCCC(C)(N)c1ccc(Cl)c(Cl)c1. The molecule has 4 heteroatoms. The van der Waals surface area contributed by atoms with Crippen LogP contribution in [0, 0.1) is 0 Å². The molecule has 84 valence electrons. The fourth-order valence-corrected chi connectivity index (χ4v) is 1.61. The Hall–Kier alpha value is -0.280. The van der Waals surface area contributed by atoms with E-state index in [0.717, 1.165) is 12.0 Å². The first-order valence-corrected chi connectivity index (χ1v) is 5.46. The number of hydrogen-bond acceptors (Lipinski definition) is 2. The highest BCUT2D eigenvalue weighted by molar-refractivity contribution is 6.42. The van der Waals surface area contributed by atoms with Gasteiger partial charge < -0.3 is 10.5 Å². The summed E-state index contributed by atoms with van der Waals surface area (Å²) in [5, 5.41) is 1.08. The summed E-state index contributed by atoms with van der Waals surface area (Å²) >= 11 is 11.8. The van der Waals surface area contributed by atoms with E-state index < -0.39 is 5.54 Å². The second kappa shape index (κ2) is 5.17. The maximum atomic E-state index is 6.16. The number of nitrogens with two attached hydrogens (primary N) is 1. The Balaban J connectivity index is 2.89. The fourth-order valence-electron chi connectivity index (χ4n) is 1.31. The van der Waals surface area contributed by atoms with Gasteiger partial charge in [-0.25, -0.2) is 0 Å². The van der Waals surface area contributed by atoms with E-state index in [1.807, 2.05) is 13.0 Å². The van der Waals surface area contributed by atoms with Crippen molar-refractivity contribution in [2.75, 3.05) is 13.7 Å². The normalized spacial score (nSPS) is 15.0. The molecule has 0 aromatic heterocycles. The predicted octanol–water partition coefficient (Wildman–Crippen LogP) is 3.20. The quantitative estimate of drug-likeness (QED) is 0.887. The smallest absolute Gasteiger partial charge is 0.0595 e. The van der Waals surface area contributed by atoms with Crippen LogP contribution in [0.2, 0.25) is 10.0 Å². The molecule has 0 fully saturated rings. The minimum Gasteiger partial charge on any atom is -0.385 e. The van der Waals surface area contributed by atoms with E-state index >= 15 is 0 Å². The Labute approximate surface area is 100 Å². The van der Waals surface area contributed by atoms with Crippen LogP contribution in [0.15, 0.2) is 18.2 Å². The lowest BCUT2D eigenvalue weighted by Crippen LogP contribution is -2.34. The zero-order chi connectivity index (χ0) is 11.5.